The number of benzene rings is 2. The Bertz CT molecular complexity index is 715. The van der Waals surface area contributed by atoms with Crippen LogP contribution in [-0.4, -0.2) is 11.8 Å². The fourth-order valence-electron chi connectivity index (χ4n) is 1.90. The van der Waals surface area contributed by atoms with Gasteiger partial charge >= 0.3 is 0 Å². The van der Waals surface area contributed by atoms with Crippen LogP contribution in [0.25, 0.3) is 0 Å². The molecule has 24 heavy (non-hydrogen) atoms. The highest BCUT2D eigenvalue weighted by Gasteiger charge is 2.07. The lowest BCUT2D eigenvalue weighted by Crippen LogP contribution is -2.06. The highest BCUT2D eigenvalue weighted by Crippen LogP contribution is 2.43. The van der Waals surface area contributed by atoms with Crippen LogP contribution >= 0.6 is 21.6 Å². The van der Waals surface area contributed by atoms with Gasteiger partial charge in [-0.05, 0) is 36.4 Å². The zero-order valence-corrected chi connectivity index (χ0v) is 14.9. The number of anilines is 4. The Morgan fingerprint density at radius 2 is 1.17 bits per heavy atom. The SMILES string of the molecule is CC(=O)Nc1ccc(SSc2ccc(NC(C)=O)cc2N)c(N)c1. The molecule has 0 atom stereocenters. The van der Waals surface area contributed by atoms with Crippen molar-refractivity contribution in [2.75, 3.05) is 22.1 Å². The number of nitrogen functional groups attached to an aromatic ring is 2. The van der Waals surface area contributed by atoms with Crippen molar-refractivity contribution >= 4 is 56.2 Å². The summed E-state index contributed by atoms with van der Waals surface area (Å²) in [6, 6.07) is 10.7. The van der Waals surface area contributed by atoms with Crippen molar-refractivity contribution in [3.8, 4) is 0 Å². The van der Waals surface area contributed by atoms with Crippen LogP contribution in [0.15, 0.2) is 46.2 Å². The maximum Gasteiger partial charge on any atom is 0.221 e. The van der Waals surface area contributed by atoms with Gasteiger partial charge in [-0.15, -0.1) is 0 Å². The molecule has 6 nitrogen and oxygen atoms in total. The Morgan fingerprint density at radius 3 is 1.46 bits per heavy atom. The van der Waals surface area contributed by atoms with Crippen LogP contribution in [0, 0.1) is 0 Å². The van der Waals surface area contributed by atoms with Crippen LogP contribution in [0.3, 0.4) is 0 Å². The van der Waals surface area contributed by atoms with Crippen LogP contribution in [0.2, 0.25) is 0 Å². The molecule has 0 fully saturated rings. The Kier molecular flexibility index (Phi) is 5.99. The molecule has 2 amide bonds. The standard InChI is InChI=1S/C16H18N4O2S2/c1-9(21)19-11-3-5-15(13(17)7-11)23-24-16-6-4-12(8-14(16)18)20-10(2)22/h3-8H,17-18H2,1-2H3,(H,19,21)(H,20,22). The van der Waals surface area contributed by atoms with Crippen LogP contribution in [0.1, 0.15) is 13.8 Å². The first-order valence-electron chi connectivity index (χ1n) is 7.04. The third-order valence-corrected chi connectivity index (χ3v) is 5.39. The van der Waals surface area contributed by atoms with Crippen LogP contribution in [0.4, 0.5) is 22.7 Å². The van der Waals surface area contributed by atoms with Gasteiger partial charge in [0.1, 0.15) is 0 Å². The highest BCUT2D eigenvalue weighted by atomic mass is 33.1. The summed E-state index contributed by atoms with van der Waals surface area (Å²) in [6.45, 7) is 2.89. The molecule has 126 valence electrons. The Labute approximate surface area is 148 Å². The molecule has 0 spiro atoms. The minimum atomic E-state index is -0.142. The average molecular weight is 362 g/mol. The van der Waals surface area contributed by atoms with E-state index >= 15 is 0 Å². The van der Waals surface area contributed by atoms with E-state index < -0.39 is 0 Å². The molecule has 8 heteroatoms. The van der Waals surface area contributed by atoms with Gasteiger partial charge in [-0.2, -0.15) is 0 Å². The summed E-state index contributed by atoms with van der Waals surface area (Å²) in [4.78, 5) is 23.9. The van der Waals surface area contributed by atoms with Crippen molar-refractivity contribution in [1.29, 1.82) is 0 Å². The molecule has 0 aromatic heterocycles. The predicted molar refractivity (Wildman–Crippen MR) is 102 cm³/mol. The van der Waals surface area contributed by atoms with Crippen molar-refractivity contribution in [2.45, 2.75) is 23.6 Å². The van der Waals surface area contributed by atoms with E-state index in [9.17, 15) is 9.59 Å². The molecule has 0 radical (unpaired) electrons. The summed E-state index contributed by atoms with van der Waals surface area (Å²) >= 11 is 0. The van der Waals surface area contributed by atoms with Gasteiger partial charge in [0.2, 0.25) is 11.8 Å². The first-order chi connectivity index (χ1) is 11.3. The molecule has 2 aromatic carbocycles. The number of amides is 2. The van der Waals surface area contributed by atoms with Gasteiger partial charge in [0.25, 0.3) is 0 Å². The maximum atomic E-state index is 11.1. The molecule has 2 rings (SSSR count). The molecule has 0 aliphatic rings. The minimum Gasteiger partial charge on any atom is -0.398 e. The largest absolute Gasteiger partial charge is 0.398 e. The number of carbonyl (C=O) groups excluding carboxylic acids is 2. The van der Waals surface area contributed by atoms with E-state index in [1.807, 2.05) is 12.1 Å². The number of nitrogens with one attached hydrogen (secondary N) is 2. The van der Waals surface area contributed by atoms with Gasteiger partial charge in [0.15, 0.2) is 0 Å². The van der Waals surface area contributed by atoms with Crippen molar-refractivity contribution in [3.05, 3.63) is 36.4 Å². The molecule has 0 aliphatic heterocycles. The van der Waals surface area contributed by atoms with Crippen LogP contribution < -0.4 is 22.1 Å². The van der Waals surface area contributed by atoms with Crippen molar-refractivity contribution in [3.63, 3.8) is 0 Å². The zero-order valence-electron chi connectivity index (χ0n) is 13.3. The average Bonchev–Trinajstić information content (AvgIpc) is 2.46. The van der Waals surface area contributed by atoms with Gasteiger partial charge in [-0.25, -0.2) is 0 Å². The number of hydrogen-bond acceptors (Lipinski definition) is 6. The second-order valence-electron chi connectivity index (χ2n) is 5.03. The van der Waals surface area contributed by atoms with E-state index in [1.54, 1.807) is 24.3 Å². The summed E-state index contributed by atoms with van der Waals surface area (Å²) in [5, 5.41) is 5.38. The normalized spacial score (nSPS) is 10.2. The molecular formula is C16H18N4O2S2. The minimum absolute atomic E-state index is 0.142. The first-order valence-corrected chi connectivity index (χ1v) is 9.19. The molecule has 0 saturated carbocycles. The van der Waals surface area contributed by atoms with E-state index in [0.29, 0.717) is 22.7 Å². The smallest absolute Gasteiger partial charge is 0.221 e. The van der Waals surface area contributed by atoms with E-state index in [-0.39, 0.29) is 11.8 Å². The summed E-state index contributed by atoms with van der Waals surface area (Å²) in [6.07, 6.45) is 0. The summed E-state index contributed by atoms with van der Waals surface area (Å²) in [5.41, 5.74) is 14.5. The number of nitrogens with two attached hydrogens (primary N) is 2. The molecule has 0 saturated heterocycles. The summed E-state index contributed by atoms with van der Waals surface area (Å²) in [7, 11) is 2.95. The Balaban J connectivity index is 2.05. The lowest BCUT2D eigenvalue weighted by molar-refractivity contribution is -0.115. The number of hydrogen-bond donors (Lipinski definition) is 4. The number of rotatable bonds is 5. The second-order valence-corrected chi connectivity index (χ2v) is 7.25. The fraction of sp³-hybridized carbons (Fsp3) is 0.125. The van der Waals surface area contributed by atoms with E-state index in [0.717, 1.165) is 9.79 Å². The molecule has 0 unspecified atom stereocenters. The third kappa shape index (κ3) is 5.10. The lowest BCUT2D eigenvalue weighted by atomic mass is 10.3. The Hall–Kier alpha value is -2.32. The highest BCUT2D eigenvalue weighted by molar-refractivity contribution is 8.76. The third-order valence-electron chi connectivity index (χ3n) is 2.88. The van der Waals surface area contributed by atoms with Gasteiger partial charge < -0.3 is 22.1 Å². The maximum absolute atomic E-state index is 11.1. The van der Waals surface area contributed by atoms with Crippen molar-refractivity contribution < 1.29 is 9.59 Å². The molecule has 2 aromatic rings. The van der Waals surface area contributed by atoms with Crippen molar-refractivity contribution in [2.24, 2.45) is 0 Å². The lowest BCUT2D eigenvalue weighted by Gasteiger charge is -2.10. The second kappa shape index (κ2) is 7.98. The fourth-order valence-corrected chi connectivity index (χ4v) is 4.09. The van der Waals surface area contributed by atoms with E-state index in [2.05, 4.69) is 10.6 Å². The predicted octanol–water partition coefficient (Wildman–Crippen LogP) is 3.57. The van der Waals surface area contributed by atoms with Gasteiger partial charge in [-0.1, -0.05) is 21.6 Å². The molecular weight excluding hydrogens is 344 g/mol. The molecule has 0 heterocycles. The monoisotopic (exact) mass is 362 g/mol. The Morgan fingerprint density at radius 1 is 0.792 bits per heavy atom. The van der Waals surface area contributed by atoms with Gasteiger partial charge in [0.05, 0.1) is 0 Å². The van der Waals surface area contributed by atoms with Crippen molar-refractivity contribution in [1.82, 2.24) is 0 Å². The summed E-state index contributed by atoms with van der Waals surface area (Å²) < 4.78 is 0. The van der Waals surface area contributed by atoms with Crippen LogP contribution in [0.5, 0.6) is 0 Å². The molecule has 0 aliphatic carbocycles. The topological polar surface area (TPSA) is 110 Å². The molecule has 0 bridgehead atoms. The van der Waals surface area contributed by atoms with E-state index in [4.69, 9.17) is 11.5 Å². The van der Waals surface area contributed by atoms with E-state index in [1.165, 1.54) is 35.4 Å². The van der Waals surface area contributed by atoms with Gasteiger partial charge in [-0.3, -0.25) is 9.59 Å². The van der Waals surface area contributed by atoms with Gasteiger partial charge in [0, 0.05) is 46.4 Å². The van der Waals surface area contributed by atoms with Crippen LogP contribution in [-0.2, 0) is 9.59 Å². The summed E-state index contributed by atoms with van der Waals surface area (Å²) in [5.74, 6) is -0.285. The quantitative estimate of drug-likeness (QED) is 0.478. The molecule has 6 N–H and O–H groups in total. The number of carbonyl (C=O) groups is 2. The first kappa shape index (κ1) is 18.0. The zero-order chi connectivity index (χ0) is 17.7.